The lowest BCUT2D eigenvalue weighted by Gasteiger charge is -2.23. The number of hydrogen-bond acceptors (Lipinski definition) is 5. The number of hydrogen-bond donors (Lipinski definition) is 2. The number of halogens is 2. The van der Waals surface area contributed by atoms with Crippen LogP contribution in [0, 0.1) is 0 Å². The summed E-state index contributed by atoms with van der Waals surface area (Å²) in [6.45, 7) is 3.14. The Kier molecular flexibility index (Phi) is 5.21. The van der Waals surface area contributed by atoms with Gasteiger partial charge in [-0.1, -0.05) is 13.8 Å². The maximum Gasteiger partial charge on any atom is 0.255 e. The summed E-state index contributed by atoms with van der Waals surface area (Å²) in [5, 5.41) is 8.90. The van der Waals surface area contributed by atoms with Crippen LogP contribution in [-0.2, 0) is 0 Å². The van der Waals surface area contributed by atoms with E-state index in [2.05, 4.69) is 9.97 Å². The quantitative estimate of drug-likeness (QED) is 0.805. The number of aromatic nitrogens is 2. The van der Waals surface area contributed by atoms with Gasteiger partial charge in [0, 0.05) is 18.5 Å². The minimum Gasteiger partial charge on any atom is -0.395 e. The minimum atomic E-state index is -2.50. The van der Waals surface area contributed by atoms with Crippen molar-refractivity contribution < 1.29 is 13.9 Å². The Morgan fingerprint density at radius 2 is 2.06 bits per heavy atom. The predicted molar refractivity (Wildman–Crippen MR) is 65.8 cm³/mol. The molecule has 5 nitrogen and oxygen atoms in total. The summed E-state index contributed by atoms with van der Waals surface area (Å²) in [6, 6.07) is 1.43. The van der Waals surface area contributed by atoms with Crippen LogP contribution in [0.4, 0.5) is 20.4 Å². The first-order chi connectivity index (χ1) is 8.43. The van der Waals surface area contributed by atoms with Crippen LogP contribution in [0.15, 0.2) is 6.07 Å². The first-order valence-corrected chi connectivity index (χ1v) is 5.72. The van der Waals surface area contributed by atoms with E-state index in [1.165, 1.54) is 11.0 Å². The molecule has 0 bridgehead atoms. The van der Waals surface area contributed by atoms with Gasteiger partial charge in [-0.15, -0.1) is 0 Å². The lowest BCUT2D eigenvalue weighted by Crippen LogP contribution is -2.32. The summed E-state index contributed by atoms with van der Waals surface area (Å²) in [5.41, 5.74) is 5.63. The van der Waals surface area contributed by atoms with Crippen LogP contribution in [0.5, 0.6) is 0 Å². The zero-order valence-electron chi connectivity index (χ0n) is 10.5. The van der Waals surface area contributed by atoms with E-state index in [0.29, 0.717) is 11.6 Å². The largest absolute Gasteiger partial charge is 0.395 e. The van der Waals surface area contributed by atoms with Crippen molar-refractivity contribution in [2.45, 2.75) is 26.2 Å². The van der Waals surface area contributed by atoms with Gasteiger partial charge in [-0.05, 0) is 0 Å². The van der Waals surface area contributed by atoms with Crippen molar-refractivity contribution in [3.8, 4) is 0 Å². The van der Waals surface area contributed by atoms with Crippen LogP contribution in [-0.4, -0.2) is 41.2 Å². The summed E-state index contributed by atoms with van der Waals surface area (Å²) in [5.74, 6) is 1.11. The molecule has 0 atom stereocenters. The highest BCUT2D eigenvalue weighted by molar-refractivity contribution is 5.47. The Balaban J connectivity index is 3.02. The number of aliphatic hydroxyl groups excluding tert-OH is 1. The van der Waals surface area contributed by atoms with Crippen molar-refractivity contribution in [2.24, 2.45) is 0 Å². The lowest BCUT2D eigenvalue weighted by molar-refractivity contribution is 0.152. The van der Waals surface area contributed by atoms with Crippen molar-refractivity contribution in [1.82, 2.24) is 9.97 Å². The molecule has 18 heavy (non-hydrogen) atoms. The molecule has 1 rings (SSSR count). The van der Waals surface area contributed by atoms with E-state index < -0.39 is 13.0 Å². The average Bonchev–Trinajstić information content (AvgIpc) is 2.27. The molecule has 0 saturated heterocycles. The standard InChI is InChI=1S/C11H18F2N4O/c1-7(2)11-15-9(14)5-10(16-11)17(3-4-18)6-8(12)13/h5,7-8,18H,3-4,6H2,1-2H3,(H2,14,15,16). The van der Waals surface area contributed by atoms with Gasteiger partial charge >= 0.3 is 0 Å². The Labute approximate surface area is 105 Å². The highest BCUT2D eigenvalue weighted by atomic mass is 19.3. The van der Waals surface area contributed by atoms with Gasteiger partial charge in [-0.2, -0.15) is 0 Å². The topological polar surface area (TPSA) is 75.3 Å². The minimum absolute atomic E-state index is 0.0507. The molecule has 0 aromatic carbocycles. The summed E-state index contributed by atoms with van der Waals surface area (Å²) in [7, 11) is 0. The van der Waals surface area contributed by atoms with Gasteiger partial charge in [-0.25, -0.2) is 18.7 Å². The molecule has 0 saturated carbocycles. The third-order valence-electron chi connectivity index (χ3n) is 2.32. The predicted octanol–water partition coefficient (Wildman–Crippen LogP) is 1.25. The number of nitrogens with zero attached hydrogens (tertiary/aromatic N) is 3. The summed E-state index contributed by atoms with van der Waals surface area (Å²) in [6.07, 6.45) is -2.50. The molecule has 3 N–H and O–H groups in total. The fourth-order valence-corrected chi connectivity index (χ4v) is 1.48. The number of alkyl halides is 2. The smallest absolute Gasteiger partial charge is 0.255 e. The molecule has 102 valence electrons. The average molecular weight is 260 g/mol. The molecule has 7 heteroatoms. The van der Waals surface area contributed by atoms with Gasteiger partial charge in [0.05, 0.1) is 13.2 Å². The van der Waals surface area contributed by atoms with Gasteiger partial charge in [0.1, 0.15) is 17.5 Å². The highest BCUT2D eigenvalue weighted by Crippen LogP contribution is 2.19. The monoisotopic (exact) mass is 260 g/mol. The molecular formula is C11H18F2N4O. The second-order valence-electron chi connectivity index (χ2n) is 4.22. The Morgan fingerprint density at radius 3 is 2.56 bits per heavy atom. The lowest BCUT2D eigenvalue weighted by atomic mass is 10.2. The van der Waals surface area contributed by atoms with Crippen LogP contribution >= 0.6 is 0 Å². The van der Waals surface area contributed by atoms with Crippen LogP contribution < -0.4 is 10.6 Å². The molecule has 0 aliphatic heterocycles. The zero-order chi connectivity index (χ0) is 13.7. The fraction of sp³-hybridized carbons (Fsp3) is 0.636. The van der Waals surface area contributed by atoms with Gasteiger partial charge in [0.15, 0.2) is 0 Å². The third-order valence-corrected chi connectivity index (χ3v) is 2.32. The molecule has 0 aliphatic rings. The second kappa shape index (κ2) is 6.44. The Bertz CT molecular complexity index is 387. The maximum atomic E-state index is 12.5. The van der Waals surface area contributed by atoms with Crippen molar-refractivity contribution in [2.75, 3.05) is 30.3 Å². The van der Waals surface area contributed by atoms with Crippen LogP contribution in [0.3, 0.4) is 0 Å². The molecule has 1 aromatic rings. The van der Waals surface area contributed by atoms with Crippen molar-refractivity contribution >= 4 is 11.6 Å². The molecule has 0 aliphatic carbocycles. The molecule has 1 aromatic heterocycles. The van der Waals surface area contributed by atoms with Crippen molar-refractivity contribution in [3.05, 3.63) is 11.9 Å². The van der Waals surface area contributed by atoms with Crippen molar-refractivity contribution in [3.63, 3.8) is 0 Å². The number of nitrogen functional groups attached to an aromatic ring is 1. The summed E-state index contributed by atoms with van der Waals surface area (Å²) >= 11 is 0. The van der Waals surface area contributed by atoms with E-state index >= 15 is 0 Å². The zero-order valence-corrected chi connectivity index (χ0v) is 10.5. The van der Waals surface area contributed by atoms with E-state index in [-0.39, 0.29) is 24.9 Å². The van der Waals surface area contributed by atoms with Gasteiger partial charge in [-0.3, -0.25) is 0 Å². The van der Waals surface area contributed by atoms with E-state index in [9.17, 15) is 8.78 Å². The molecular weight excluding hydrogens is 242 g/mol. The van der Waals surface area contributed by atoms with E-state index in [0.717, 1.165) is 0 Å². The highest BCUT2D eigenvalue weighted by Gasteiger charge is 2.16. The van der Waals surface area contributed by atoms with E-state index in [1.807, 2.05) is 13.8 Å². The summed E-state index contributed by atoms with van der Waals surface area (Å²) < 4.78 is 24.9. The molecule has 0 amide bonds. The van der Waals surface area contributed by atoms with E-state index in [1.54, 1.807) is 0 Å². The molecule has 0 fully saturated rings. The van der Waals surface area contributed by atoms with Gasteiger partial charge in [0.25, 0.3) is 6.43 Å². The first-order valence-electron chi connectivity index (χ1n) is 5.72. The normalized spacial score (nSPS) is 11.3. The Hall–Kier alpha value is -1.50. The van der Waals surface area contributed by atoms with Crippen LogP contribution in [0.1, 0.15) is 25.6 Å². The second-order valence-corrected chi connectivity index (χ2v) is 4.22. The van der Waals surface area contributed by atoms with Gasteiger partial charge in [0.2, 0.25) is 0 Å². The van der Waals surface area contributed by atoms with Crippen LogP contribution in [0.25, 0.3) is 0 Å². The number of nitrogens with two attached hydrogens (primary N) is 1. The van der Waals surface area contributed by atoms with Gasteiger partial charge < -0.3 is 15.7 Å². The molecule has 0 unspecified atom stereocenters. The number of aliphatic hydroxyl groups is 1. The molecule has 0 radical (unpaired) electrons. The SMILES string of the molecule is CC(C)c1nc(N)cc(N(CCO)CC(F)F)n1. The number of rotatable bonds is 6. The van der Waals surface area contributed by atoms with E-state index in [4.69, 9.17) is 10.8 Å². The first kappa shape index (κ1) is 14.6. The summed E-state index contributed by atoms with van der Waals surface area (Å²) in [4.78, 5) is 9.54. The fourth-order valence-electron chi connectivity index (χ4n) is 1.48. The Morgan fingerprint density at radius 1 is 1.39 bits per heavy atom. The van der Waals surface area contributed by atoms with Crippen molar-refractivity contribution in [1.29, 1.82) is 0 Å². The van der Waals surface area contributed by atoms with Crippen LogP contribution in [0.2, 0.25) is 0 Å². The maximum absolute atomic E-state index is 12.5. The number of anilines is 2. The molecule has 1 heterocycles. The third kappa shape index (κ3) is 4.06. The molecule has 0 spiro atoms.